The van der Waals surface area contributed by atoms with Crippen molar-refractivity contribution in [3.63, 3.8) is 0 Å². The number of hydrogen-bond acceptors (Lipinski definition) is 2. The molecule has 118 valence electrons. The van der Waals surface area contributed by atoms with Crippen molar-refractivity contribution in [2.24, 2.45) is 5.92 Å². The molecule has 1 saturated heterocycles. The second-order valence-electron chi connectivity index (χ2n) is 7.20. The van der Waals surface area contributed by atoms with E-state index in [1.165, 1.54) is 24.0 Å². The highest BCUT2D eigenvalue weighted by Crippen LogP contribution is 2.29. The van der Waals surface area contributed by atoms with Crippen molar-refractivity contribution >= 4 is 5.91 Å². The molecular formula is C19H26N2O. The van der Waals surface area contributed by atoms with Gasteiger partial charge in [-0.3, -0.25) is 9.69 Å². The smallest absolute Gasteiger partial charge is 0.225 e. The molecule has 0 bridgehead atoms. The molecule has 4 rings (SSSR count). The van der Waals surface area contributed by atoms with Gasteiger partial charge in [-0.15, -0.1) is 0 Å². The molecule has 1 aliphatic carbocycles. The lowest BCUT2D eigenvalue weighted by molar-refractivity contribution is -0.134. The zero-order valence-corrected chi connectivity index (χ0v) is 13.3. The SMILES string of the molecule is O=C(C1CCCC1)N1CC[C@H](N2CCc3ccccc3C2)C1. The Bertz CT molecular complexity index is 550. The van der Waals surface area contributed by atoms with Crippen molar-refractivity contribution in [3.05, 3.63) is 35.4 Å². The van der Waals surface area contributed by atoms with Crippen LogP contribution in [0.1, 0.15) is 43.2 Å². The van der Waals surface area contributed by atoms with Crippen molar-refractivity contribution < 1.29 is 4.79 Å². The van der Waals surface area contributed by atoms with Gasteiger partial charge >= 0.3 is 0 Å². The highest BCUT2D eigenvalue weighted by Gasteiger charge is 2.35. The predicted octanol–water partition coefficient (Wildman–Crippen LogP) is 2.84. The molecule has 2 heterocycles. The van der Waals surface area contributed by atoms with Crippen molar-refractivity contribution in [3.8, 4) is 0 Å². The minimum Gasteiger partial charge on any atom is -0.341 e. The van der Waals surface area contributed by atoms with Crippen LogP contribution in [0.4, 0.5) is 0 Å². The number of hydrogen-bond donors (Lipinski definition) is 0. The van der Waals surface area contributed by atoms with Gasteiger partial charge in [0.1, 0.15) is 0 Å². The van der Waals surface area contributed by atoms with E-state index in [2.05, 4.69) is 34.1 Å². The van der Waals surface area contributed by atoms with Crippen LogP contribution in [0.2, 0.25) is 0 Å². The number of rotatable bonds is 2. The first-order chi connectivity index (χ1) is 10.8. The zero-order chi connectivity index (χ0) is 14.9. The summed E-state index contributed by atoms with van der Waals surface area (Å²) in [6.07, 6.45) is 7.05. The molecule has 0 N–H and O–H groups in total. The monoisotopic (exact) mass is 298 g/mol. The largest absolute Gasteiger partial charge is 0.341 e. The first-order valence-electron chi connectivity index (χ1n) is 8.91. The Kier molecular flexibility index (Phi) is 3.91. The van der Waals surface area contributed by atoms with Crippen LogP contribution in [0.25, 0.3) is 0 Å². The summed E-state index contributed by atoms with van der Waals surface area (Å²) in [6, 6.07) is 9.38. The van der Waals surface area contributed by atoms with Crippen LogP contribution in [-0.2, 0) is 17.8 Å². The number of likely N-dealkylation sites (tertiary alicyclic amines) is 1. The average Bonchev–Trinajstić information content (AvgIpc) is 3.25. The summed E-state index contributed by atoms with van der Waals surface area (Å²) in [5.41, 5.74) is 2.99. The van der Waals surface area contributed by atoms with Gasteiger partial charge in [0.15, 0.2) is 0 Å². The Hall–Kier alpha value is -1.35. The van der Waals surface area contributed by atoms with Crippen LogP contribution in [0.15, 0.2) is 24.3 Å². The van der Waals surface area contributed by atoms with E-state index in [-0.39, 0.29) is 0 Å². The fraction of sp³-hybridized carbons (Fsp3) is 0.632. The quantitative estimate of drug-likeness (QED) is 0.838. The van der Waals surface area contributed by atoms with Crippen LogP contribution in [0.5, 0.6) is 0 Å². The first kappa shape index (κ1) is 14.3. The molecule has 3 nitrogen and oxygen atoms in total. The molecule has 1 aromatic carbocycles. The van der Waals surface area contributed by atoms with E-state index in [0.717, 1.165) is 51.9 Å². The van der Waals surface area contributed by atoms with Crippen LogP contribution < -0.4 is 0 Å². The summed E-state index contributed by atoms with van der Waals surface area (Å²) in [7, 11) is 0. The van der Waals surface area contributed by atoms with Crippen molar-refractivity contribution in [1.82, 2.24) is 9.80 Å². The van der Waals surface area contributed by atoms with Crippen molar-refractivity contribution in [2.75, 3.05) is 19.6 Å². The molecule has 3 heteroatoms. The van der Waals surface area contributed by atoms with Gasteiger partial charge in [0.25, 0.3) is 0 Å². The van der Waals surface area contributed by atoms with Gasteiger partial charge in [-0.25, -0.2) is 0 Å². The maximum atomic E-state index is 12.6. The molecule has 3 aliphatic rings. The summed E-state index contributed by atoms with van der Waals surface area (Å²) in [6.45, 7) is 4.13. The minimum atomic E-state index is 0.334. The highest BCUT2D eigenvalue weighted by molar-refractivity contribution is 5.79. The molecule has 1 saturated carbocycles. The van der Waals surface area contributed by atoms with Gasteiger partial charge in [-0.2, -0.15) is 0 Å². The third-order valence-electron chi connectivity index (χ3n) is 5.86. The lowest BCUT2D eigenvalue weighted by Crippen LogP contribution is -2.42. The lowest BCUT2D eigenvalue weighted by Gasteiger charge is -2.33. The third-order valence-corrected chi connectivity index (χ3v) is 5.86. The first-order valence-corrected chi connectivity index (χ1v) is 8.91. The van der Waals surface area contributed by atoms with Crippen LogP contribution in [0, 0.1) is 5.92 Å². The second kappa shape index (κ2) is 6.04. The minimum absolute atomic E-state index is 0.334. The summed E-state index contributed by atoms with van der Waals surface area (Å²) >= 11 is 0. The standard InChI is InChI=1S/C19H26N2O/c22-19(16-6-2-3-7-16)21-12-10-18(14-21)20-11-9-15-5-1-4-8-17(15)13-20/h1,4-5,8,16,18H,2-3,6-7,9-14H2/t18-/m0/s1. The summed E-state index contributed by atoms with van der Waals surface area (Å²) < 4.78 is 0. The van der Waals surface area contributed by atoms with Crippen LogP contribution >= 0.6 is 0 Å². The van der Waals surface area contributed by atoms with Gasteiger partial charge in [0.2, 0.25) is 5.91 Å². The van der Waals surface area contributed by atoms with Crippen LogP contribution in [0.3, 0.4) is 0 Å². The molecule has 0 spiro atoms. The molecule has 1 amide bonds. The van der Waals surface area contributed by atoms with Gasteiger partial charge in [-0.1, -0.05) is 37.1 Å². The summed E-state index contributed by atoms with van der Waals surface area (Å²) in [5, 5.41) is 0. The molecule has 1 atom stereocenters. The van der Waals surface area contributed by atoms with E-state index in [9.17, 15) is 4.79 Å². The Morgan fingerprint density at radius 3 is 2.59 bits per heavy atom. The number of carbonyl (C=O) groups excluding carboxylic acids is 1. The Balaban J connectivity index is 1.38. The maximum absolute atomic E-state index is 12.6. The van der Waals surface area contributed by atoms with E-state index in [0.29, 0.717) is 17.9 Å². The highest BCUT2D eigenvalue weighted by atomic mass is 16.2. The van der Waals surface area contributed by atoms with Gasteiger partial charge < -0.3 is 4.90 Å². The van der Waals surface area contributed by atoms with Gasteiger partial charge in [0.05, 0.1) is 0 Å². The Morgan fingerprint density at radius 1 is 1.00 bits per heavy atom. The Morgan fingerprint density at radius 2 is 1.77 bits per heavy atom. The van der Waals surface area contributed by atoms with E-state index in [1.807, 2.05) is 0 Å². The Labute approximate surface area is 133 Å². The molecule has 22 heavy (non-hydrogen) atoms. The third kappa shape index (κ3) is 2.67. The topological polar surface area (TPSA) is 23.6 Å². The molecular weight excluding hydrogens is 272 g/mol. The predicted molar refractivity (Wildman–Crippen MR) is 87.5 cm³/mol. The normalized spacial score (nSPS) is 26.4. The lowest BCUT2D eigenvalue weighted by atomic mass is 9.98. The van der Waals surface area contributed by atoms with E-state index >= 15 is 0 Å². The van der Waals surface area contributed by atoms with E-state index < -0.39 is 0 Å². The molecule has 0 unspecified atom stereocenters. The fourth-order valence-electron chi connectivity index (χ4n) is 4.50. The van der Waals surface area contributed by atoms with Gasteiger partial charge in [-0.05, 0) is 36.8 Å². The number of fused-ring (bicyclic) bond motifs is 1. The van der Waals surface area contributed by atoms with E-state index in [1.54, 1.807) is 0 Å². The average molecular weight is 298 g/mol. The number of carbonyl (C=O) groups is 1. The van der Waals surface area contributed by atoms with Crippen molar-refractivity contribution in [2.45, 2.75) is 51.1 Å². The summed E-state index contributed by atoms with van der Waals surface area (Å²) in [4.78, 5) is 17.3. The van der Waals surface area contributed by atoms with Crippen molar-refractivity contribution in [1.29, 1.82) is 0 Å². The van der Waals surface area contributed by atoms with Crippen LogP contribution in [-0.4, -0.2) is 41.4 Å². The maximum Gasteiger partial charge on any atom is 0.225 e. The van der Waals surface area contributed by atoms with E-state index in [4.69, 9.17) is 0 Å². The number of nitrogens with zero attached hydrogens (tertiary/aromatic N) is 2. The van der Waals surface area contributed by atoms with Gasteiger partial charge in [0, 0.05) is 38.1 Å². The molecule has 0 radical (unpaired) electrons. The molecule has 2 fully saturated rings. The fourth-order valence-corrected chi connectivity index (χ4v) is 4.50. The molecule has 2 aliphatic heterocycles. The second-order valence-corrected chi connectivity index (χ2v) is 7.20. The zero-order valence-electron chi connectivity index (χ0n) is 13.3. The number of amides is 1. The summed E-state index contributed by atoms with van der Waals surface area (Å²) in [5.74, 6) is 0.776. The molecule has 0 aromatic heterocycles. The molecule has 1 aromatic rings. The number of benzene rings is 1.